The monoisotopic (exact) mass is 250 g/mol. The van der Waals surface area contributed by atoms with Crippen molar-refractivity contribution in [3.05, 3.63) is 41.2 Å². The normalized spacial score (nSPS) is 10.2. The maximum atomic E-state index is 11.7. The number of amides is 1. The number of carbonyl (C=O) groups excluding carboxylic acids is 1. The largest absolute Gasteiger partial charge is 0.324 e. The highest BCUT2D eigenvalue weighted by Gasteiger charge is 2.06. The molecule has 1 aromatic carbocycles. The number of benzene rings is 1. The lowest BCUT2D eigenvalue weighted by atomic mass is 10.3. The summed E-state index contributed by atoms with van der Waals surface area (Å²) in [6.07, 6.45) is 1.60. The smallest absolute Gasteiger partial charge is 0.246 e. The van der Waals surface area contributed by atoms with Gasteiger partial charge in [-0.15, -0.1) is 5.10 Å². The molecule has 0 aliphatic rings. The van der Waals surface area contributed by atoms with Crippen molar-refractivity contribution in [2.24, 2.45) is 0 Å². The van der Waals surface area contributed by atoms with E-state index < -0.39 is 0 Å². The molecule has 1 amide bonds. The minimum absolute atomic E-state index is 0.137. The van der Waals surface area contributed by atoms with E-state index in [1.54, 1.807) is 30.5 Å². The van der Waals surface area contributed by atoms with E-state index in [2.05, 4.69) is 15.6 Å². The number of aromatic nitrogens is 3. The summed E-state index contributed by atoms with van der Waals surface area (Å²) < 4.78 is 1.53. The molecule has 2 rings (SSSR count). The second kappa shape index (κ2) is 4.97. The van der Waals surface area contributed by atoms with Crippen LogP contribution in [0.15, 0.2) is 30.5 Å². The molecule has 1 N–H and O–H groups in total. The molecule has 5 nitrogen and oxygen atoms in total. The lowest BCUT2D eigenvalue weighted by Crippen LogP contribution is -2.20. The summed E-state index contributed by atoms with van der Waals surface area (Å²) >= 11 is 5.82. The Labute approximate surface area is 103 Å². The van der Waals surface area contributed by atoms with Crippen molar-refractivity contribution in [1.82, 2.24) is 15.0 Å². The first kappa shape index (κ1) is 11.6. The molecule has 1 aromatic heterocycles. The van der Waals surface area contributed by atoms with Gasteiger partial charge in [-0.05, 0) is 25.1 Å². The van der Waals surface area contributed by atoms with Gasteiger partial charge in [-0.3, -0.25) is 4.79 Å². The van der Waals surface area contributed by atoms with Crippen LogP contribution in [-0.2, 0) is 11.3 Å². The molecule has 0 bridgehead atoms. The molecule has 6 heteroatoms. The van der Waals surface area contributed by atoms with Crippen LogP contribution in [0.2, 0.25) is 5.02 Å². The zero-order chi connectivity index (χ0) is 12.3. The topological polar surface area (TPSA) is 59.8 Å². The van der Waals surface area contributed by atoms with E-state index in [1.165, 1.54) is 4.68 Å². The summed E-state index contributed by atoms with van der Waals surface area (Å²) in [7, 11) is 0. The quantitative estimate of drug-likeness (QED) is 0.905. The first-order valence-corrected chi connectivity index (χ1v) is 5.43. The molecule has 0 aliphatic heterocycles. The van der Waals surface area contributed by atoms with Crippen LogP contribution < -0.4 is 5.32 Å². The van der Waals surface area contributed by atoms with Crippen molar-refractivity contribution in [3.63, 3.8) is 0 Å². The molecule has 0 saturated heterocycles. The van der Waals surface area contributed by atoms with Crippen LogP contribution in [0.25, 0.3) is 0 Å². The van der Waals surface area contributed by atoms with Gasteiger partial charge in [0.05, 0.1) is 11.9 Å². The predicted octanol–water partition coefficient (Wildman–Crippen LogP) is 1.88. The van der Waals surface area contributed by atoms with Crippen LogP contribution in [-0.4, -0.2) is 20.9 Å². The van der Waals surface area contributed by atoms with Crippen LogP contribution in [0.1, 0.15) is 5.69 Å². The summed E-state index contributed by atoms with van der Waals surface area (Å²) in [5.41, 5.74) is 1.51. The van der Waals surface area contributed by atoms with E-state index in [0.717, 1.165) is 5.69 Å². The van der Waals surface area contributed by atoms with Crippen LogP contribution in [0, 0.1) is 6.92 Å². The zero-order valence-corrected chi connectivity index (χ0v) is 9.98. The molecule has 0 aliphatic carbocycles. The Hall–Kier alpha value is -1.88. The second-order valence-electron chi connectivity index (χ2n) is 3.59. The van der Waals surface area contributed by atoms with E-state index in [1.807, 2.05) is 6.92 Å². The summed E-state index contributed by atoms with van der Waals surface area (Å²) in [6, 6.07) is 6.99. The van der Waals surface area contributed by atoms with Gasteiger partial charge in [0.2, 0.25) is 5.91 Å². The van der Waals surface area contributed by atoms with Crippen LogP contribution in [0.3, 0.4) is 0 Å². The van der Waals surface area contributed by atoms with Crippen LogP contribution in [0.5, 0.6) is 0 Å². The van der Waals surface area contributed by atoms with E-state index in [4.69, 9.17) is 11.6 Å². The molecule has 0 radical (unpaired) electrons. The number of hydrogen-bond acceptors (Lipinski definition) is 3. The lowest BCUT2D eigenvalue weighted by molar-refractivity contribution is -0.117. The Morgan fingerprint density at radius 3 is 3.00 bits per heavy atom. The maximum Gasteiger partial charge on any atom is 0.246 e. The number of rotatable bonds is 3. The van der Waals surface area contributed by atoms with Gasteiger partial charge in [-0.2, -0.15) is 0 Å². The molecule has 17 heavy (non-hydrogen) atoms. The number of carbonyl (C=O) groups is 1. The number of nitrogens with zero attached hydrogens (tertiary/aromatic N) is 3. The van der Waals surface area contributed by atoms with E-state index in [0.29, 0.717) is 10.7 Å². The average Bonchev–Trinajstić information content (AvgIpc) is 2.64. The van der Waals surface area contributed by atoms with Gasteiger partial charge in [0.25, 0.3) is 0 Å². The SMILES string of the molecule is Cc1cnnn1CC(=O)Nc1cccc(Cl)c1. The highest BCUT2D eigenvalue weighted by atomic mass is 35.5. The number of nitrogens with one attached hydrogen (secondary N) is 1. The number of hydrogen-bond donors (Lipinski definition) is 1. The molecular weight excluding hydrogens is 240 g/mol. The van der Waals surface area contributed by atoms with E-state index in [9.17, 15) is 4.79 Å². The molecule has 0 spiro atoms. The molecule has 88 valence electrons. The molecule has 0 fully saturated rings. The van der Waals surface area contributed by atoms with E-state index >= 15 is 0 Å². The third-order valence-electron chi connectivity index (χ3n) is 2.21. The van der Waals surface area contributed by atoms with Gasteiger partial charge in [-0.1, -0.05) is 22.9 Å². The Kier molecular flexibility index (Phi) is 3.39. The van der Waals surface area contributed by atoms with Crippen molar-refractivity contribution < 1.29 is 4.79 Å². The minimum atomic E-state index is -0.166. The van der Waals surface area contributed by atoms with Gasteiger partial charge in [-0.25, -0.2) is 4.68 Å². The fraction of sp³-hybridized carbons (Fsp3) is 0.182. The fourth-order valence-corrected chi connectivity index (χ4v) is 1.56. The Balaban J connectivity index is 2.01. The summed E-state index contributed by atoms with van der Waals surface area (Å²) in [5, 5.41) is 10.8. The van der Waals surface area contributed by atoms with Crippen molar-refractivity contribution in [2.75, 3.05) is 5.32 Å². The highest BCUT2D eigenvalue weighted by Crippen LogP contribution is 2.14. The Morgan fingerprint density at radius 1 is 1.53 bits per heavy atom. The Morgan fingerprint density at radius 2 is 2.35 bits per heavy atom. The van der Waals surface area contributed by atoms with Gasteiger partial charge in [0.1, 0.15) is 6.54 Å². The fourth-order valence-electron chi connectivity index (χ4n) is 1.37. The third kappa shape index (κ3) is 3.04. The first-order valence-electron chi connectivity index (χ1n) is 5.05. The molecule has 1 heterocycles. The molecule has 0 unspecified atom stereocenters. The number of halogens is 1. The van der Waals surface area contributed by atoms with Crippen LogP contribution in [0.4, 0.5) is 5.69 Å². The Bertz CT molecular complexity index is 538. The van der Waals surface area contributed by atoms with Crippen LogP contribution >= 0.6 is 11.6 Å². The standard InChI is InChI=1S/C11H11ClN4O/c1-8-6-13-15-16(8)7-11(17)14-10-4-2-3-9(12)5-10/h2-6H,7H2,1H3,(H,14,17). The van der Waals surface area contributed by atoms with Gasteiger partial charge in [0, 0.05) is 10.7 Å². The predicted molar refractivity (Wildman–Crippen MR) is 64.8 cm³/mol. The van der Waals surface area contributed by atoms with E-state index in [-0.39, 0.29) is 12.5 Å². The van der Waals surface area contributed by atoms with Crippen molar-refractivity contribution in [2.45, 2.75) is 13.5 Å². The molecule has 2 aromatic rings. The number of anilines is 1. The van der Waals surface area contributed by atoms with Crippen molar-refractivity contribution >= 4 is 23.2 Å². The summed E-state index contributed by atoms with van der Waals surface area (Å²) in [6.45, 7) is 1.98. The molecule has 0 saturated carbocycles. The second-order valence-corrected chi connectivity index (χ2v) is 4.03. The molecule has 0 atom stereocenters. The van der Waals surface area contributed by atoms with Crippen molar-refractivity contribution in [3.8, 4) is 0 Å². The third-order valence-corrected chi connectivity index (χ3v) is 2.45. The maximum absolute atomic E-state index is 11.7. The first-order chi connectivity index (χ1) is 8.15. The summed E-state index contributed by atoms with van der Waals surface area (Å²) in [4.78, 5) is 11.7. The molecular formula is C11H11ClN4O. The highest BCUT2D eigenvalue weighted by molar-refractivity contribution is 6.30. The zero-order valence-electron chi connectivity index (χ0n) is 9.22. The van der Waals surface area contributed by atoms with Gasteiger partial charge >= 0.3 is 0 Å². The number of aryl methyl sites for hydroxylation is 1. The average molecular weight is 251 g/mol. The minimum Gasteiger partial charge on any atom is -0.324 e. The van der Waals surface area contributed by atoms with Gasteiger partial charge < -0.3 is 5.32 Å². The summed E-state index contributed by atoms with van der Waals surface area (Å²) in [5.74, 6) is -0.166. The van der Waals surface area contributed by atoms with Gasteiger partial charge in [0.15, 0.2) is 0 Å². The lowest BCUT2D eigenvalue weighted by Gasteiger charge is -2.06. The van der Waals surface area contributed by atoms with Crippen molar-refractivity contribution in [1.29, 1.82) is 0 Å².